The van der Waals surface area contributed by atoms with Crippen molar-refractivity contribution in [3.8, 4) is 22.3 Å². The van der Waals surface area contributed by atoms with E-state index in [4.69, 9.17) is 10.2 Å². The third-order valence-corrected chi connectivity index (χ3v) is 6.00. The number of aliphatic hydroxyl groups excluding tert-OH is 2. The maximum Gasteiger partial charge on any atom is 0.206 e. The number of rotatable bonds is 11. The molecule has 0 aromatic carbocycles. The molecule has 0 aliphatic carbocycles. The van der Waals surface area contributed by atoms with Gasteiger partial charge in [-0.25, -0.2) is 9.13 Å². The highest BCUT2D eigenvalue weighted by molar-refractivity contribution is 5.61. The van der Waals surface area contributed by atoms with Gasteiger partial charge in [0.1, 0.15) is 0 Å². The lowest BCUT2D eigenvalue weighted by Crippen LogP contribution is -2.43. The zero-order valence-corrected chi connectivity index (χ0v) is 19.6. The minimum atomic E-state index is 0.218. The van der Waals surface area contributed by atoms with Crippen LogP contribution in [0.15, 0.2) is 98.1 Å². The fraction of sp³-hybridized carbons (Fsp3) is 0.286. The van der Waals surface area contributed by atoms with E-state index in [1.54, 1.807) is 0 Å². The van der Waals surface area contributed by atoms with E-state index in [9.17, 15) is 0 Å². The van der Waals surface area contributed by atoms with Gasteiger partial charge in [-0.05, 0) is 22.3 Å². The Morgan fingerprint density at radius 3 is 0.853 bits per heavy atom. The molecule has 4 aromatic rings. The lowest BCUT2D eigenvalue weighted by Gasteiger charge is -2.02. The van der Waals surface area contributed by atoms with E-state index < -0.39 is 0 Å². The largest absolute Gasteiger partial charge is 0.396 e. The Morgan fingerprint density at radius 2 is 0.618 bits per heavy atom. The van der Waals surface area contributed by atoms with Crippen molar-refractivity contribution < 1.29 is 28.5 Å². The van der Waals surface area contributed by atoms with Crippen molar-refractivity contribution in [2.24, 2.45) is 0 Å². The first-order valence-corrected chi connectivity index (χ1v) is 11.9. The number of aromatic nitrogens is 4. The molecule has 174 valence electrons. The number of aliphatic hydroxyl groups is 2. The summed E-state index contributed by atoms with van der Waals surface area (Å²) in [6.07, 6.45) is 18.3. The predicted molar refractivity (Wildman–Crippen MR) is 128 cm³/mol. The first-order valence-electron chi connectivity index (χ1n) is 11.9. The quantitative estimate of drug-likeness (QED) is 0.336. The van der Waals surface area contributed by atoms with Crippen LogP contribution in [0.4, 0.5) is 0 Å². The van der Waals surface area contributed by atoms with Gasteiger partial charge in [0.15, 0.2) is 62.7 Å². The molecule has 0 saturated heterocycles. The number of nitrogens with zero attached hydrogens (tertiary/aromatic N) is 4. The highest BCUT2D eigenvalue weighted by Gasteiger charge is 2.10. The summed E-state index contributed by atoms with van der Waals surface area (Å²) in [7, 11) is 0. The zero-order valence-electron chi connectivity index (χ0n) is 19.6. The number of hydrogen-bond acceptors (Lipinski definition) is 2. The van der Waals surface area contributed by atoms with E-state index in [1.165, 1.54) is 22.3 Å². The molecule has 0 amide bonds. The van der Waals surface area contributed by atoms with Crippen LogP contribution in [-0.4, -0.2) is 23.4 Å². The van der Waals surface area contributed by atoms with Gasteiger partial charge in [0.25, 0.3) is 0 Å². The van der Waals surface area contributed by atoms with E-state index in [1.807, 2.05) is 0 Å². The molecular weight excluding hydrogens is 424 g/mol. The Bertz CT molecular complexity index is 1050. The Labute approximate surface area is 201 Å². The summed E-state index contributed by atoms with van der Waals surface area (Å²) in [6, 6.07) is 17.1. The summed E-state index contributed by atoms with van der Waals surface area (Å²) in [4.78, 5) is 0. The van der Waals surface area contributed by atoms with E-state index in [0.29, 0.717) is 0 Å². The SMILES string of the molecule is OCCC[n+]1ccc(-c2cc[n+](CC[n+]3ccc(-c4cc[n+](CCCO)cc4)cc3)cc2)cc1. The Morgan fingerprint density at radius 1 is 0.382 bits per heavy atom. The minimum Gasteiger partial charge on any atom is -0.396 e. The fourth-order valence-electron chi connectivity index (χ4n) is 3.93. The third kappa shape index (κ3) is 6.53. The summed E-state index contributed by atoms with van der Waals surface area (Å²) >= 11 is 0. The second-order valence-corrected chi connectivity index (χ2v) is 8.45. The molecular formula is C28H34N4O2+4. The smallest absolute Gasteiger partial charge is 0.206 e. The number of pyridine rings is 4. The van der Waals surface area contributed by atoms with Crippen molar-refractivity contribution in [2.75, 3.05) is 13.2 Å². The molecule has 6 heteroatoms. The number of hydrogen-bond donors (Lipinski definition) is 2. The average molecular weight is 459 g/mol. The van der Waals surface area contributed by atoms with E-state index in [0.717, 1.165) is 39.0 Å². The Kier molecular flexibility index (Phi) is 8.43. The molecule has 34 heavy (non-hydrogen) atoms. The summed E-state index contributed by atoms with van der Waals surface area (Å²) in [5.41, 5.74) is 4.78. The Balaban J connectivity index is 1.31. The van der Waals surface area contributed by atoms with Gasteiger partial charge in [-0.2, -0.15) is 9.13 Å². The topological polar surface area (TPSA) is 56.0 Å². The molecule has 0 unspecified atom stereocenters. The fourth-order valence-corrected chi connectivity index (χ4v) is 3.93. The molecule has 0 aliphatic heterocycles. The second-order valence-electron chi connectivity index (χ2n) is 8.45. The molecule has 0 spiro atoms. The van der Waals surface area contributed by atoms with Crippen LogP contribution in [0.2, 0.25) is 0 Å². The monoisotopic (exact) mass is 458 g/mol. The van der Waals surface area contributed by atoms with Crippen LogP contribution in [0, 0.1) is 0 Å². The summed E-state index contributed by atoms with van der Waals surface area (Å²) in [6.45, 7) is 3.90. The highest BCUT2D eigenvalue weighted by atomic mass is 16.3. The van der Waals surface area contributed by atoms with Gasteiger partial charge in [0.05, 0.1) is 0 Å². The lowest BCUT2D eigenvalue weighted by molar-refractivity contribution is -0.778. The van der Waals surface area contributed by atoms with Gasteiger partial charge < -0.3 is 10.2 Å². The van der Waals surface area contributed by atoms with Crippen LogP contribution in [0.5, 0.6) is 0 Å². The van der Waals surface area contributed by atoms with Crippen LogP contribution >= 0.6 is 0 Å². The molecule has 0 aliphatic rings. The molecule has 2 N–H and O–H groups in total. The van der Waals surface area contributed by atoms with Crippen molar-refractivity contribution in [3.05, 3.63) is 98.1 Å². The van der Waals surface area contributed by atoms with Crippen molar-refractivity contribution in [1.29, 1.82) is 0 Å². The summed E-state index contributed by atoms with van der Waals surface area (Å²) < 4.78 is 8.60. The van der Waals surface area contributed by atoms with Crippen LogP contribution in [0.3, 0.4) is 0 Å². The molecule has 4 aromatic heterocycles. The molecule has 0 saturated carbocycles. The molecule has 4 rings (SSSR count). The first-order chi connectivity index (χ1) is 16.7. The maximum atomic E-state index is 8.97. The minimum absolute atomic E-state index is 0.218. The summed E-state index contributed by atoms with van der Waals surface area (Å²) in [5.74, 6) is 0. The molecule has 4 heterocycles. The van der Waals surface area contributed by atoms with Crippen LogP contribution in [-0.2, 0) is 26.2 Å². The molecule has 0 fully saturated rings. The number of aryl methyl sites for hydroxylation is 4. The van der Waals surface area contributed by atoms with Gasteiger partial charge in [-0.15, -0.1) is 0 Å². The van der Waals surface area contributed by atoms with Gasteiger partial charge in [-0.3, -0.25) is 0 Å². The molecule has 0 bridgehead atoms. The van der Waals surface area contributed by atoms with Gasteiger partial charge in [0, 0.05) is 74.6 Å². The zero-order chi connectivity index (χ0) is 23.6. The van der Waals surface area contributed by atoms with E-state index in [2.05, 4.69) is 116 Å². The molecule has 6 nitrogen and oxygen atoms in total. The van der Waals surface area contributed by atoms with Crippen molar-refractivity contribution >= 4 is 0 Å². The predicted octanol–water partition coefficient (Wildman–Crippen LogP) is 1.64. The van der Waals surface area contributed by atoms with E-state index >= 15 is 0 Å². The van der Waals surface area contributed by atoms with Gasteiger partial charge >= 0.3 is 0 Å². The first kappa shape index (κ1) is 23.7. The van der Waals surface area contributed by atoms with Crippen molar-refractivity contribution in [3.63, 3.8) is 0 Å². The average Bonchev–Trinajstić information content (AvgIpc) is 2.91. The Hall–Kier alpha value is -3.48. The van der Waals surface area contributed by atoms with Gasteiger partial charge in [0.2, 0.25) is 13.1 Å². The van der Waals surface area contributed by atoms with Crippen LogP contribution in [0.25, 0.3) is 22.3 Å². The molecule has 0 radical (unpaired) electrons. The van der Waals surface area contributed by atoms with Crippen molar-refractivity contribution in [1.82, 2.24) is 0 Å². The van der Waals surface area contributed by atoms with Crippen LogP contribution < -0.4 is 18.3 Å². The van der Waals surface area contributed by atoms with Crippen molar-refractivity contribution in [2.45, 2.75) is 39.0 Å². The normalized spacial score (nSPS) is 11.0. The van der Waals surface area contributed by atoms with Crippen LogP contribution in [0.1, 0.15) is 12.8 Å². The standard InChI is InChI=1S/C28H34N4O2/c33-23-1-11-29-13-3-25(4-14-29)27-7-17-31(18-8-27)21-22-32-19-9-28(10-20-32)26-5-15-30(16-6-26)12-2-24-34/h3-10,13-20,33-34H,1-2,11-12,21-24H2/q+4. The van der Waals surface area contributed by atoms with Gasteiger partial charge in [-0.1, -0.05) is 0 Å². The van der Waals surface area contributed by atoms with E-state index in [-0.39, 0.29) is 13.2 Å². The molecule has 0 atom stereocenters. The lowest BCUT2D eigenvalue weighted by atomic mass is 10.1. The maximum absolute atomic E-state index is 8.97. The highest BCUT2D eigenvalue weighted by Crippen LogP contribution is 2.16. The summed E-state index contributed by atoms with van der Waals surface area (Å²) in [5, 5.41) is 17.9. The second kappa shape index (κ2) is 12.1. The third-order valence-electron chi connectivity index (χ3n) is 6.00.